The third-order valence-corrected chi connectivity index (χ3v) is 3.63. The van der Waals surface area contributed by atoms with Gasteiger partial charge in [-0.1, -0.05) is 32.0 Å². The Morgan fingerprint density at radius 1 is 1.38 bits per heavy atom. The van der Waals surface area contributed by atoms with Crippen LogP contribution in [0.15, 0.2) is 28.7 Å². The molecule has 2 rings (SSSR count). The summed E-state index contributed by atoms with van der Waals surface area (Å²) in [5.74, 6) is 0.159. The molecule has 2 N–H and O–H groups in total. The molecule has 0 saturated carbocycles. The number of rotatable bonds is 5. The van der Waals surface area contributed by atoms with Crippen LogP contribution in [0.2, 0.25) is 0 Å². The zero-order valence-corrected chi connectivity index (χ0v) is 13.1. The minimum Gasteiger partial charge on any atom is -0.451 e. The molecular weight excluding hydrogens is 266 g/mol. The smallest absolute Gasteiger partial charge is 0.287 e. The molecular formula is C17H23NO3. The highest BCUT2D eigenvalue weighted by Crippen LogP contribution is 2.25. The number of nitrogens with one attached hydrogen (secondary N) is 1. The molecule has 1 amide bonds. The predicted octanol–water partition coefficient (Wildman–Crippen LogP) is 3.27. The average molecular weight is 289 g/mol. The van der Waals surface area contributed by atoms with Gasteiger partial charge in [-0.3, -0.25) is 4.79 Å². The summed E-state index contributed by atoms with van der Waals surface area (Å²) in [5.41, 5.74) is 1.42. The molecule has 2 aromatic rings. The van der Waals surface area contributed by atoms with E-state index in [4.69, 9.17) is 4.42 Å². The van der Waals surface area contributed by atoms with E-state index < -0.39 is 0 Å². The summed E-state index contributed by atoms with van der Waals surface area (Å²) >= 11 is 0. The Morgan fingerprint density at radius 2 is 2.05 bits per heavy atom. The van der Waals surface area contributed by atoms with E-state index in [-0.39, 0.29) is 17.4 Å². The molecule has 1 aromatic carbocycles. The third kappa shape index (κ3) is 3.64. The van der Waals surface area contributed by atoms with Crippen molar-refractivity contribution in [1.29, 1.82) is 0 Å². The van der Waals surface area contributed by atoms with E-state index in [1.54, 1.807) is 6.92 Å². The summed E-state index contributed by atoms with van der Waals surface area (Å²) in [6.45, 7) is 8.18. The number of fused-ring (bicyclic) bond motifs is 1. The van der Waals surface area contributed by atoms with Crippen molar-refractivity contribution in [2.75, 3.05) is 6.54 Å². The van der Waals surface area contributed by atoms with Crippen LogP contribution in [-0.2, 0) is 0 Å². The van der Waals surface area contributed by atoms with Gasteiger partial charge in [0.05, 0.1) is 6.10 Å². The first-order valence-electron chi connectivity index (χ1n) is 7.24. The fraction of sp³-hybridized carbons (Fsp3) is 0.471. The number of para-hydroxylation sites is 1. The van der Waals surface area contributed by atoms with Gasteiger partial charge < -0.3 is 14.8 Å². The van der Waals surface area contributed by atoms with Gasteiger partial charge >= 0.3 is 0 Å². The minimum atomic E-state index is -0.384. The molecule has 1 atom stereocenters. The highest BCUT2D eigenvalue weighted by atomic mass is 16.3. The number of hydrogen-bond acceptors (Lipinski definition) is 3. The second kappa shape index (κ2) is 5.90. The average Bonchev–Trinajstić information content (AvgIpc) is 2.73. The second-order valence-corrected chi connectivity index (χ2v) is 6.45. The van der Waals surface area contributed by atoms with Crippen molar-refractivity contribution >= 4 is 16.9 Å². The van der Waals surface area contributed by atoms with Crippen molar-refractivity contribution in [2.24, 2.45) is 5.41 Å². The molecule has 0 spiro atoms. The van der Waals surface area contributed by atoms with Crippen molar-refractivity contribution in [3.63, 3.8) is 0 Å². The molecule has 1 heterocycles. The van der Waals surface area contributed by atoms with Crippen LogP contribution >= 0.6 is 0 Å². The molecule has 21 heavy (non-hydrogen) atoms. The number of aliphatic hydroxyl groups excluding tert-OH is 1. The standard InChI is InChI=1S/C17H23NO3/c1-11(19)9-17(3,4)10-18-16(20)15-12(2)13-7-5-6-8-14(13)21-15/h5-8,11,19H,9-10H2,1-4H3,(H,18,20)/t11-/m0/s1. The van der Waals surface area contributed by atoms with Crippen molar-refractivity contribution in [3.05, 3.63) is 35.6 Å². The van der Waals surface area contributed by atoms with E-state index in [9.17, 15) is 9.90 Å². The van der Waals surface area contributed by atoms with Crippen LogP contribution in [0.5, 0.6) is 0 Å². The zero-order valence-electron chi connectivity index (χ0n) is 13.1. The first-order chi connectivity index (χ1) is 9.80. The summed E-state index contributed by atoms with van der Waals surface area (Å²) in [5, 5.41) is 13.3. The van der Waals surface area contributed by atoms with Crippen LogP contribution in [0.25, 0.3) is 11.0 Å². The van der Waals surface area contributed by atoms with Gasteiger partial charge in [0.1, 0.15) is 5.58 Å². The first-order valence-corrected chi connectivity index (χ1v) is 7.24. The molecule has 114 valence electrons. The van der Waals surface area contributed by atoms with E-state index >= 15 is 0 Å². The summed E-state index contributed by atoms with van der Waals surface area (Å²) < 4.78 is 5.65. The number of carbonyl (C=O) groups excluding carboxylic acids is 1. The number of carbonyl (C=O) groups is 1. The number of benzene rings is 1. The maximum Gasteiger partial charge on any atom is 0.287 e. The van der Waals surface area contributed by atoms with E-state index in [0.29, 0.717) is 18.7 Å². The Kier molecular flexibility index (Phi) is 4.37. The fourth-order valence-electron chi connectivity index (χ4n) is 2.66. The lowest BCUT2D eigenvalue weighted by Crippen LogP contribution is -2.35. The maximum absolute atomic E-state index is 12.3. The van der Waals surface area contributed by atoms with Crippen LogP contribution < -0.4 is 5.32 Å². The normalized spacial score (nSPS) is 13.4. The number of aryl methyl sites for hydroxylation is 1. The van der Waals surface area contributed by atoms with Gasteiger partial charge in [0.25, 0.3) is 5.91 Å². The quantitative estimate of drug-likeness (QED) is 0.888. The van der Waals surface area contributed by atoms with E-state index in [1.807, 2.05) is 45.0 Å². The summed E-state index contributed by atoms with van der Waals surface area (Å²) in [6, 6.07) is 7.62. The molecule has 0 radical (unpaired) electrons. The van der Waals surface area contributed by atoms with E-state index in [0.717, 1.165) is 16.5 Å². The van der Waals surface area contributed by atoms with E-state index in [1.165, 1.54) is 0 Å². The Labute approximate surface area is 125 Å². The number of furan rings is 1. The van der Waals surface area contributed by atoms with Crippen LogP contribution in [0, 0.1) is 12.3 Å². The van der Waals surface area contributed by atoms with E-state index in [2.05, 4.69) is 5.32 Å². The van der Waals surface area contributed by atoms with Gasteiger partial charge in [-0.25, -0.2) is 0 Å². The lowest BCUT2D eigenvalue weighted by molar-refractivity contribution is 0.0877. The van der Waals surface area contributed by atoms with Gasteiger partial charge in [-0.15, -0.1) is 0 Å². The van der Waals surface area contributed by atoms with Crippen LogP contribution in [0.1, 0.15) is 43.3 Å². The minimum absolute atomic E-state index is 0.163. The molecule has 0 aliphatic carbocycles. The second-order valence-electron chi connectivity index (χ2n) is 6.45. The Morgan fingerprint density at radius 3 is 2.67 bits per heavy atom. The zero-order chi connectivity index (χ0) is 15.6. The summed E-state index contributed by atoms with van der Waals surface area (Å²) in [4.78, 5) is 12.3. The molecule has 0 unspecified atom stereocenters. The summed E-state index contributed by atoms with van der Waals surface area (Å²) in [7, 11) is 0. The van der Waals surface area contributed by atoms with Gasteiger partial charge in [0.2, 0.25) is 0 Å². The van der Waals surface area contributed by atoms with Crippen molar-refractivity contribution in [3.8, 4) is 0 Å². The monoisotopic (exact) mass is 289 g/mol. The Hall–Kier alpha value is -1.81. The van der Waals surface area contributed by atoms with Gasteiger partial charge in [0, 0.05) is 17.5 Å². The van der Waals surface area contributed by atoms with Crippen molar-refractivity contribution in [2.45, 2.75) is 40.2 Å². The van der Waals surface area contributed by atoms with Gasteiger partial charge in [-0.2, -0.15) is 0 Å². The van der Waals surface area contributed by atoms with Crippen LogP contribution in [0.3, 0.4) is 0 Å². The molecule has 0 aliphatic rings. The predicted molar refractivity (Wildman–Crippen MR) is 83.4 cm³/mol. The topological polar surface area (TPSA) is 62.5 Å². The van der Waals surface area contributed by atoms with Crippen LogP contribution in [0.4, 0.5) is 0 Å². The molecule has 0 bridgehead atoms. The SMILES string of the molecule is Cc1c(C(=O)NCC(C)(C)C[C@H](C)O)oc2ccccc12. The molecule has 0 aliphatic heterocycles. The maximum atomic E-state index is 12.3. The lowest BCUT2D eigenvalue weighted by atomic mass is 9.87. The Bertz CT molecular complexity index is 641. The highest BCUT2D eigenvalue weighted by Gasteiger charge is 2.23. The largest absolute Gasteiger partial charge is 0.451 e. The third-order valence-electron chi connectivity index (χ3n) is 3.63. The number of amides is 1. The number of hydrogen-bond donors (Lipinski definition) is 2. The van der Waals surface area contributed by atoms with Gasteiger partial charge in [0.15, 0.2) is 5.76 Å². The molecule has 0 saturated heterocycles. The van der Waals surface area contributed by atoms with Gasteiger partial charge in [-0.05, 0) is 31.7 Å². The first kappa shape index (κ1) is 15.6. The molecule has 4 heteroatoms. The molecule has 0 fully saturated rings. The fourth-order valence-corrected chi connectivity index (χ4v) is 2.66. The highest BCUT2D eigenvalue weighted by molar-refractivity contribution is 5.98. The Balaban J connectivity index is 2.11. The number of aliphatic hydroxyl groups is 1. The molecule has 4 nitrogen and oxygen atoms in total. The lowest BCUT2D eigenvalue weighted by Gasteiger charge is -2.26. The van der Waals surface area contributed by atoms with Crippen LogP contribution in [-0.4, -0.2) is 23.7 Å². The van der Waals surface area contributed by atoms with Crippen molar-refractivity contribution in [1.82, 2.24) is 5.32 Å². The summed E-state index contributed by atoms with van der Waals surface area (Å²) in [6.07, 6.45) is 0.247. The van der Waals surface area contributed by atoms with Crippen molar-refractivity contribution < 1.29 is 14.3 Å². The molecule has 1 aromatic heterocycles.